The highest BCUT2D eigenvalue weighted by Crippen LogP contribution is 2.14. The number of nitrogens with one attached hydrogen (secondary N) is 1. The second-order valence-electron chi connectivity index (χ2n) is 4.26. The molecule has 1 aromatic rings. The highest BCUT2D eigenvalue weighted by Gasteiger charge is 2.20. The van der Waals surface area contributed by atoms with Crippen molar-refractivity contribution in [1.82, 2.24) is 5.32 Å². The van der Waals surface area contributed by atoms with Crippen molar-refractivity contribution in [2.45, 2.75) is 19.4 Å². The number of ether oxygens (including phenoxy) is 2. The molecule has 1 aromatic carbocycles. The Morgan fingerprint density at radius 3 is 2.33 bits per heavy atom. The quantitative estimate of drug-likeness (QED) is 0.557. The molecule has 114 valence electrons. The van der Waals surface area contributed by atoms with Crippen molar-refractivity contribution < 1.29 is 29.0 Å². The summed E-state index contributed by atoms with van der Waals surface area (Å²) in [6.45, 7) is 0.613. The number of carbonyl (C=O) groups is 3. The van der Waals surface area contributed by atoms with E-state index in [1.807, 2.05) is 0 Å². The van der Waals surface area contributed by atoms with Crippen LogP contribution in [0.4, 0.5) is 0 Å². The van der Waals surface area contributed by atoms with Crippen LogP contribution in [0.1, 0.15) is 12.5 Å². The molecular weight excluding hydrogens is 278 g/mol. The average Bonchev–Trinajstić information content (AvgIpc) is 2.47. The lowest BCUT2D eigenvalue weighted by Gasteiger charge is -2.15. The Kier molecular flexibility index (Phi) is 6.35. The summed E-state index contributed by atoms with van der Waals surface area (Å²) in [5, 5.41) is 11.1. The van der Waals surface area contributed by atoms with E-state index < -0.39 is 24.6 Å². The van der Waals surface area contributed by atoms with Gasteiger partial charge in [-0.05, 0) is 17.7 Å². The van der Waals surface area contributed by atoms with E-state index in [1.54, 1.807) is 12.1 Å². The van der Waals surface area contributed by atoms with E-state index in [0.717, 1.165) is 5.56 Å². The number of methoxy groups -OCH3 is 1. The summed E-state index contributed by atoms with van der Waals surface area (Å²) in [4.78, 5) is 33.6. The van der Waals surface area contributed by atoms with Crippen LogP contribution in [0.3, 0.4) is 0 Å². The lowest BCUT2D eigenvalue weighted by Crippen LogP contribution is -2.41. The third kappa shape index (κ3) is 5.62. The van der Waals surface area contributed by atoms with Crippen LogP contribution in [0.25, 0.3) is 0 Å². The van der Waals surface area contributed by atoms with Gasteiger partial charge >= 0.3 is 11.9 Å². The molecule has 7 heteroatoms. The van der Waals surface area contributed by atoms with Gasteiger partial charge in [-0.1, -0.05) is 12.1 Å². The summed E-state index contributed by atoms with van der Waals surface area (Å²) in [5.41, 5.74) is 0.753. The molecule has 0 spiro atoms. The molecule has 7 nitrogen and oxygen atoms in total. The number of hydrogen-bond acceptors (Lipinski definition) is 6. The molecule has 1 amide bonds. The number of aliphatic hydroxyl groups is 1. The van der Waals surface area contributed by atoms with Gasteiger partial charge in [0.2, 0.25) is 5.91 Å². The summed E-state index contributed by atoms with van der Waals surface area (Å²) in [7, 11) is 1.24. The van der Waals surface area contributed by atoms with Crippen LogP contribution >= 0.6 is 0 Å². The highest BCUT2D eigenvalue weighted by molar-refractivity contribution is 5.83. The molecule has 1 unspecified atom stereocenters. The molecule has 0 aliphatic heterocycles. The Bertz CT molecular complexity index is 511. The van der Waals surface area contributed by atoms with E-state index in [4.69, 9.17) is 9.84 Å². The molecule has 2 N–H and O–H groups in total. The second-order valence-corrected chi connectivity index (χ2v) is 4.26. The van der Waals surface area contributed by atoms with E-state index >= 15 is 0 Å². The van der Waals surface area contributed by atoms with Crippen LogP contribution in [-0.4, -0.2) is 42.7 Å². The van der Waals surface area contributed by atoms with E-state index in [0.29, 0.717) is 0 Å². The fourth-order valence-corrected chi connectivity index (χ4v) is 1.67. The predicted molar refractivity (Wildman–Crippen MR) is 72.5 cm³/mol. The molecule has 0 aliphatic rings. The van der Waals surface area contributed by atoms with E-state index in [-0.39, 0.29) is 18.1 Å². The van der Waals surface area contributed by atoms with Crippen molar-refractivity contribution >= 4 is 17.8 Å². The maximum Gasteiger partial charge on any atom is 0.337 e. The lowest BCUT2D eigenvalue weighted by molar-refractivity contribution is -0.144. The van der Waals surface area contributed by atoms with Crippen molar-refractivity contribution in [2.24, 2.45) is 0 Å². The number of rotatable bonds is 6. The van der Waals surface area contributed by atoms with Crippen LogP contribution in [0, 0.1) is 0 Å². The number of amides is 1. The van der Waals surface area contributed by atoms with Gasteiger partial charge in [-0.2, -0.15) is 0 Å². The smallest absolute Gasteiger partial charge is 0.337 e. The van der Waals surface area contributed by atoms with Gasteiger partial charge in [0.25, 0.3) is 0 Å². The average molecular weight is 295 g/mol. The normalized spacial score (nSPS) is 11.4. The molecule has 0 saturated carbocycles. The van der Waals surface area contributed by atoms with E-state index in [9.17, 15) is 14.4 Å². The summed E-state index contributed by atoms with van der Waals surface area (Å²) in [6.07, 6.45) is 0.250. The minimum absolute atomic E-state index is 0.250. The van der Waals surface area contributed by atoms with Crippen molar-refractivity contribution in [1.29, 1.82) is 0 Å². The standard InChI is InChI=1S/C14H17NO6/c1-9(17)15-12(14(19)20-2)7-10-3-5-11(6-4-10)21-13(18)8-16/h3-6,12,16H,7-8H2,1-2H3,(H,15,17). The number of aliphatic hydroxyl groups excluding tert-OH is 1. The molecule has 1 atom stereocenters. The number of hydrogen-bond donors (Lipinski definition) is 2. The lowest BCUT2D eigenvalue weighted by atomic mass is 10.1. The minimum Gasteiger partial charge on any atom is -0.467 e. The van der Waals surface area contributed by atoms with Gasteiger partial charge in [0, 0.05) is 13.3 Å². The molecule has 0 fully saturated rings. The van der Waals surface area contributed by atoms with Crippen LogP contribution in [0.2, 0.25) is 0 Å². The summed E-state index contributed by atoms with van der Waals surface area (Å²) >= 11 is 0. The molecule has 0 saturated heterocycles. The van der Waals surface area contributed by atoms with Crippen LogP contribution in [0.15, 0.2) is 24.3 Å². The Morgan fingerprint density at radius 1 is 1.24 bits per heavy atom. The van der Waals surface area contributed by atoms with Crippen molar-refractivity contribution in [3.63, 3.8) is 0 Å². The van der Waals surface area contributed by atoms with Gasteiger partial charge < -0.3 is 19.9 Å². The summed E-state index contributed by atoms with van der Waals surface area (Å²) in [5.74, 6) is -1.35. The van der Waals surface area contributed by atoms with Crippen molar-refractivity contribution in [3.8, 4) is 5.75 Å². The Hall–Kier alpha value is -2.41. The van der Waals surface area contributed by atoms with Gasteiger partial charge in [0.1, 0.15) is 18.4 Å². The van der Waals surface area contributed by atoms with Gasteiger partial charge in [-0.25, -0.2) is 9.59 Å². The van der Waals surface area contributed by atoms with Crippen molar-refractivity contribution in [2.75, 3.05) is 13.7 Å². The van der Waals surface area contributed by atoms with Crippen molar-refractivity contribution in [3.05, 3.63) is 29.8 Å². The van der Waals surface area contributed by atoms with Crippen LogP contribution in [0.5, 0.6) is 5.75 Å². The molecule has 1 rings (SSSR count). The first kappa shape index (κ1) is 16.6. The zero-order valence-electron chi connectivity index (χ0n) is 11.8. The third-order valence-electron chi connectivity index (χ3n) is 2.59. The van der Waals surface area contributed by atoms with E-state index in [2.05, 4.69) is 10.1 Å². The summed E-state index contributed by atoms with van der Waals surface area (Å²) < 4.78 is 9.43. The molecule has 0 aliphatic carbocycles. The summed E-state index contributed by atoms with van der Waals surface area (Å²) in [6, 6.07) is 5.59. The van der Waals surface area contributed by atoms with Crippen LogP contribution < -0.4 is 10.1 Å². The Morgan fingerprint density at radius 2 is 1.86 bits per heavy atom. The largest absolute Gasteiger partial charge is 0.467 e. The van der Waals surface area contributed by atoms with Gasteiger partial charge in [-0.15, -0.1) is 0 Å². The Balaban J connectivity index is 2.73. The number of benzene rings is 1. The van der Waals surface area contributed by atoms with E-state index in [1.165, 1.54) is 26.2 Å². The SMILES string of the molecule is COC(=O)C(Cc1ccc(OC(=O)CO)cc1)NC(C)=O. The number of esters is 2. The molecule has 0 aromatic heterocycles. The zero-order chi connectivity index (χ0) is 15.8. The highest BCUT2D eigenvalue weighted by atomic mass is 16.5. The maximum absolute atomic E-state index is 11.6. The Labute approximate surface area is 121 Å². The fraction of sp³-hybridized carbons (Fsp3) is 0.357. The zero-order valence-corrected chi connectivity index (χ0v) is 11.8. The monoisotopic (exact) mass is 295 g/mol. The second kappa shape index (κ2) is 8.01. The fourth-order valence-electron chi connectivity index (χ4n) is 1.67. The molecular formula is C14H17NO6. The molecule has 0 radical (unpaired) electrons. The van der Waals surface area contributed by atoms with Gasteiger partial charge in [0.05, 0.1) is 7.11 Å². The van der Waals surface area contributed by atoms with Gasteiger partial charge in [0.15, 0.2) is 0 Å². The van der Waals surface area contributed by atoms with Crippen LogP contribution in [-0.2, 0) is 25.5 Å². The molecule has 21 heavy (non-hydrogen) atoms. The molecule has 0 bridgehead atoms. The first-order valence-electron chi connectivity index (χ1n) is 6.21. The first-order valence-corrected chi connectivity index (χ1v) is 6.21. The maximum atomic E-state index is 11.6. The third-order valence-corrected chi connectivity index (χ3v) is 2.59. The topological polar surface area (TPSA) is 102 Å². The predicted octanol–water partition coefficient (Wildman–Crippen LogP) is -0.196. The molecule has 0 heterocycles. The number of carbonyl (C=O) groups excluding carboxylic acids is 3. The first-order chi connectivity index (χ1) is 9.96. The minimum atomic E-state index is -0.779. The van der Waals surface area contributed by atoms with Gasteiger partial charge in [-0.3, -0.25) is 4.79 Å².